The molecule has 0 fully saturated rings. The lowest BCUT2D eigenvalue weighted by atomic mass is 10.0. The van der Waals surface area contributed by atoms with Gasteiger partial charge in [-0.15, -0.1) is 0 Å². The topological polar surface area (TPSA) is 50.1 Å². The highest BCUT2D eigenvalue weighted by atomic mass is 16.1. The lowest BCUT2D eigenvalue weighted by Gasteiger charge is -2.07. The van der Waals surface area contributed by atoms with E-state index in [-0.39, 0.29) is 5.56 Å². The molecule has 1 aromatic heterocycles. The molecule has 4 aromatic carbocycles. The van der Waals surface area contributed by atoms with Crippen LogP contribution in [0.4, 0.5) is 5.69 Å². The Hall–Kier alpha value is -4.18. The van der Waals surface area contributed by atoms with Crippen molar-refractivity contribution in [2.24, 2.45) is 4.99 Å². The average Bonchev–Trinajstić information content (AvgIpc) is 3.12. The van der Waals surface area contributed by atoms with Crippen molar-refractivity contribution >= 4 is 22.2 Å². The second-order valence-electron chi connectivity index (χ2n) is 7.45. The summed E-state index contributed by atoms with van der Waals surface area (Å²) in [5.74, 6) is 0. The number of hydrogen-bond acceptors (Lipinski definition) is 2. The molecule has 1 N–H and O–H groups in total. The van der Waals surface area contributed by atoms with Crippen LogP contribution in [0, 0.1) is 6.92 Å². The number of para-hydroxylation sites is 1. The Kier molecular flexibility index (Phi) is 4.81. The number of nitrogens with one attached hydrogen (secondary N) is 1. The fourth-order valence-corrected chi connectivity index (χ4v) is 3.82. The van der Waals surface area contributed by atoms with Crippen molar-refractivity contribution in [3.05, 3.63) is 130 Å². The quantitative estimate of drug-likeness (QED) is 0.379. The van der Waals surface area contributed by atoms with Gasteiger partial charge in [-0.25, -0.2) is 9.67 Å². The average molecular weight is 403 g/mol. The number of benzene rings is 4. The first-order valence-corrected chi connectivity index (χ1v) is 10.2. The van der Waals surface area contributed by atoms with Gasteiger partial charge in [0.05, 0.1) is 22.6 Å². The highest BCUT2D eigenvalue weighted by Gasteiger charge is 2.19. The molecule has 0 radical (unpaired) electrons. The minimum absolute atomic E-state index is 0.118. The molecule has 4 nitrogen and oxygen atoms in total. The predicted molar refractivity (Wildman–Crippen MR) is 127 cm³/mol. The summed E-state index contributed by atoms with van der Waals surface area (Å²) < 4.78 is 1.57. The molecule has 0 atom stereocenters. The summed E-state index contributed by atoms with van der Waals surface area (Å²) in [5.41, 5.74) is 4.38. The van der Waals surface area contributed by atoms with Gasteiger partial charge in [0, 0.05) is 11.3 Å². The maximum absolute atomic E-state index is 13.5. The lowest BCUT2D eigenvalue weighted by molar-refractivity contribution is 0.835. The van der Waals surface area contributed by atoms with Gasteiger partial charge < -0.3 is 0 Å². The van der Waals surface area contributed by atoms with Crippen molar-refractivity contribution in [2.75, 3.05) is 0 Å². The number of fused-ring (bicyclic) bond motifs is 1. The highest BCUT2D eigenvalue weighted by molar-refractivity contribution is 6.14. The molecule has 0 saturated heterocycles. The molecule has 0 bridgehead atoms. The summed E-state index contributed by atoms with van der Waals surface area (Å²) in [7, 11) is 0. The summed E-state index contributed by atoms with van der Waals surface area (Å²) in [5, 5.41) is 5.49. The van der Waals surface area contributed by atoms with E-state index in [1.165, 1.54) is 0 Å². The van der Waals surface area contributed by atoms with Gasteiger partial charge in [-0.1, -0.05) is 78.9 Å². The molecular formula is C27H21N3O. The van der Waals surface area contributed by atoms with Crippen molar-refractivity contribution in [3.8, 4) is 5.69 Å². The third-order valence-corrected chi connectivity index (χ3v) is 5.34. The number of H-pyrrole nitrogens is 1. The second-order valence-corrected chi connectivity index (χ2v) is 7.45. The molecule has 0 spiro atoms. The van der Waals surface area contributed by atoms with Crippen LogP contribution in [0.3, 0.4) is 0 Å². The van der Waals surface area contributed by atoms with Crippen molar-refractivity contribution in [3.63, 3.8) is 0 Å². The Labute approximate surface area is 180 Å². The highest BCUT2D eigenvalue weighted by Crippen LogP contribution is 2.24. The Morgan fingerprint density at radius 3 is 2.16 bits per heavy atom. The van der Waals surface area contributed by atoms with E-state index in [0.717, 1.165) is 33.4 Å². The monoisotopic (exact) mass is 403 g/mol. The smallest absolute Gasteiger partial charge is 0.280 e. The lowest BCUT2D eigenvalue weighted by Crippen LogP contribution is -2.21. The zero-order valence-corrected chi connectivity index (χ0v) is 17.1. The van der Waals surface area contributed by atoms with Crippen LogP contribution in [0.1, 0.15) is 16.8 Å². The Balaban J connectivity index is 1.72. The first kappa shape index (κ1) is 18.8. The van der Waals surface area contributed by atoms with E-state index in [0.29, 0.717) is 11.3 Å². The standard InChI is InChI=1S/C27H21N3O/c1-19-25(27(31)30(29-19)24-14-6-3-7-15-24)26(21-11-4-2-5-12-21)28-23-17-16-20-10-8-9-13-22(20)18-23/h2-18,29H,1H3. The molecule has 0 unspecified atom stereocenters. The Morgan fingerprint density at radius 2 is 1.42 bits per heavy atom. The van der Waals surface area contributed by atoms with E-state index in [1.807, 2.05) is 85.8 Å². The summed E-state index contributed by atoms with van der Waals surface area (Å²) in [4.78, 5) is 18.4. The number of aromatic nitrogens is 2. The molecule has 5 rings (SSSR count). The molecule has 1 heterocycles. The molecule has 0 amide bonds. The molecule has 0 saturated carbocycles. The van der Waals surface area contributed by atoms with E-state index in [4.69, 9.17) is 4.99 Å². The predicted octanol–water partition coefficient (Wildman–Crippen LogP) is 5.80. The minimum Gasteiger partial charge on any atom is -0.295 e. The van der Waals surface area contributed by atoms with Crippen LogP contribution >= 0.6 is 0 Å². The number of rotatable bonds is 4. The van der Waals surface area contributed by atoms with Gasteiger partial charge in [0.2, 0.25) is 0 Å². The molecule has 5 aromatic rings. The number of aryl methyl sites for hydroxylation is 1. The van der Waals surface area contributed by atoms with Crippen LogP contribution in [-0.2, 0) is 0 Å². The van der Waals surface area contributed by atoms with Gasteiger partial charge in [0.25, 0.3) is 5.56 Å². The third-order valence-electron chi connectivity index (χ3n) is 5.34. The first-order chi connectivity index (χ1) is 15.2. The summed E-state index contributed by atoms with van der Waals surface area (Å²) >= 11 is 0. The van der Waals surface area contributed by atoms with Crippen molar-refractivity contribution in [1.82, 2.24) is 9.78 Å². The minimum atomic E-state index is -0.118. The van der Waals surface area contributed by atoms with Gasteiger partial charge in [0.15, 0.2) is 0 Å². The van der Waals surface area contributed by atoms with Crippen LogP contribution in [0.2, 0.25) is 0 Å². The maximum Gasteiger partial charge on any atom is 0.280 e. The molecule has 4 heteroatoms. The van der Waals surface area contributed by atoms with Gasteiger partial charge in [0.1, 0.15) is 0 Å². The SMILES string of the molecule is Cc1[nH]n(-c2ccccc2)c(=O)c1C(=Nc1ccc2ccccc2c1)c1ccccc1. The zero-order valence-electron chi connectivity index (χ0n) is 17.1. The molecule has 0 aliphatic heterocycles. The van der Waals surface area contributed by atoms with Crippen LogP contribution in [-0.4, -0.2) is 15.5 Å². The second kappa shape index (κ2) is 7.92. The molecule has 31 heavy (non-hydrogen) atoms. The number of aromatic amines is 1. The largest absolute Gasteiger partial charge is 0.295 e. The fraction of sp³-hybridized carbons (Fsp3) is 0.0370. The molecule has 150 valence electrons. The summed E-state index contributed by atoms with van der Waals surface area (Å²) in [6.45, 7) is 1.91. The van der Waals surface area contributed by atoms with Crippen molar-refractivity contribution in [2.45, 2.75) is 6.92 Å². The van der Waals surface area contributed by atoms with E-state index in [9.17, 15) is 4.79 Å². The number of nitrogens with zero attached hydrogens (tertiary/aromatic N) is 2. The fourth-order valence-electron chi connectivity index (χ4n) is 3.82. The summed E-state index contributed by atoms with van der Waals surface area (Å²) in [6.07, 6.45) is 0. The van der Waals surface area contributed by atoms with Crippen LogP contribution in [0.25, 0.3) is 16.5 Å². The van der Waals surface area contributed by atoms with Crippen LogP contribution in [0.15, 0.2) is 113 Å². The zero-order chi connectivity index (χ0) is 21.2. The number of hydrogen-bond donors (Lipinski definition) is 1. The normalized spacial score (nSPS) is 11.7. The van der Waals surface area contributed by atoms with Gasteiger partial charge in [-0.05, 0) is 42.0 Å². The van der Waals surface area contributed by atoms with Crippen LogP contribution < -0.4 is 5.56 Å². The Morgan fingerprint density at radius 1 is 0.774 bits per heavy atom. The molecular weight excluding hydrogens is 382 g/mol. The number of aliphatic imine (C=N–C) groups is 1. The van der Waals surface area contributed by atoms with E-state index in [2.05, 4.69) is 29.4 Å². The van der Waals surface area contributed by atoms with E-state index >= 15 is 0 Å². The van der Waals surface area contributed by atoms with E-state index < -0.39 is 0 Å². The maximum atomic E-state index is 13.5. The van der Waals surface area contributed by atoms with Gasteiger partial charge >= 0.3 is 0 Å². The van der Waals surface area contributed by atoms with Gasteiger partial charge in [-0.3, -0.25) is 9.89 Å². The van der Waals surface area contributed by atoms with E-state index in [1.54, 1.807) is 4.68 Å². The molecule has 0 aliphatic carbocycles. The van der Waals surface area contributed by atoms with Crippen molar-refractivity contribution < 1.29 is 0 Å². The summed E-state index contributed by atoms with van der Waals surface area (Å²) in [6, 6.07) is 33.7. The molecule has 0 aliphatic rings. The first-order valence-electron chi connectivity index (χ1n) is 10.2. The van der Waals surface area contributed by atoms with Crippen molar-refractivity contribution in [1.29, 1.82) is 0 Å². The van der Waals surface area contributed by atoms with Gasteiger partial charge in [-0.2, -0.15) is 0 Å². The third kappa shape index (κ3) is 3.60. The Bertz CT molecular complexity index is 1440. The van der Waals surface area contributed by atoms with Crippen LogP contribution in [0.5, 0.6) is 0 Å².